The first-order chi connectivity index (χ1) is 20.4. The van der Waals surface area contributed by atoms with Gasteiger partial charge >= 0.3 is 6.18 Å². The molecule has 0 spiro atoms. The second-order valence-corrected chi connectivity index (χ2v) is 11.0. The molecule has 2 aromatic carbocycles. The Labute approximate surface area is 247 Å². The Morgan fingerprint density at radius 1 is 1.05 bits per heavy atom. The predicted molar refractivity (Wildman–Crippen MR) is 150 cm³/mol. The SMILES string of the molecule is CC1CC(N2C(=S)Cc3ccc(F)c(F)c32)CCN1C(=O)c1cc(-c2cccnc2)n(-c2ccc(F)c(C(F)(F)F)c2)n1. The molecule has 0 bridgehead atoms. The number of likely N-dealkylation sites (tertiary alicyclic amines) is 1. The number of benzene rings is 2. The van der Waals surface area contributed by atoms with E-state index < -0.39 is 35.1 Å². The fourth-order valence-corrected chi connectivity index (χ4v) is 6.23. The molecule has 13 heteroatoms. The molecule has 43 heavy (non-hydrogen) atoms. The molecular weight excluding hydrogens is 592 g/mol. The Kier molecular flexibility index (Phi) is 7.23. The van der Waals surface area contributed by atoms with Crippen molar-refractivity contribution in [1.82, 2.24) is 19.7 Å². The highest BCUT2D eigenvalue weighted by Crippen LogP contribution is 2.39. The van der Waals surface area contributed by atoms with Gasteiger partial charge in [0.05, 0.1) is 27.6 Å². The number of alkyl halides is 3. The van der Waals surface area contributed by atoms with E-state index in [1.807, 2.05) is 6.92 Å². The van der Waals surface area contributed by atoms with Crippen molar-refractivity contribution in [3.8, 4) is 16.9 Å². The first-order valence-electron chi connectivity index (χ1n) is 13.4. The smallest absolute Gasteiger partial charge is 0.334 e. The van der Waals surface area contributed by atoms with Crippen LogP contribution in [0.25, 0.3) is 16.9 Å². The topological polar surface area (TPSA) is 54.3 Å². The fourth-order valence-electron chi connectivity index (χ4n) is 5.84. The molecule has 2 aliphatic rings. The average Bonchev–Trinajstić information content (AvgIpc) is 3.56. The summed E-state index contributed by atoms with van der Waals surface area (Å²) in [6, 6.07) is 9.23. The van der Waals surface area contributed by atoms with Gasteiger partial charge < -0.3 is 9.80 Å². The molecule has 0 radical (unpaired) electrons. The number of pyridine rings is 1. The zero-order valence-corrected chi connectivity index (χ0v) is 23.4. The van der Waals surface area contributed by atoms with Crippen molar-refractivity contribution in [3.05, 3.63) is 95.2 Å². The number of carbonyl (C=O) groups is 1. The molecule has 2 aliphatic heterocycles. The van der Waals surface area contributed by atoms with Crippen LogP contribution >= 0.6 is 12.2 Å². The predicted octanol–water partition coefficient (Wildman–Crippen LogP) is 6.75. The van der Waals surface area contributed by atoms with Gasteiger partial charge in [0.2, 0.25) is 0 Å². The number of hydrogen-bond acceptors (Lipinski definition) is 4. The lowest BCUT2D eigenvalue weighted by Crippen LogP contribution is -2.52. The zero-order chi connectivity index (χ0) is 30.6. The lowest BCUT2D eigenvalue weighted by molar-refractivity contribution is -0.140. The van der Waals surface area contributed by atoms with Crippen molar-refractivity contribution in [3.63, 3.8) is 0 Å². The number of nitrogens with zero attached hydrogens (tertiary/aromatic N) is 5. The number of thiocarbonyl (C=S) groups is 1. The number of aromatic nitrogens is 3. The molecule has 6 nitrogen and oxygen atoms in total. The van der Waals surface area contributed by atoms with Crippen LogP contribution in [0.1, 0.15) is 41.4 Å². The number of rotatable bonds is 4. The lowest BCUT2D eigenvalue weighted by atomic mass is 9.96. The van der Waals surface area contributed by atoms with Gasteiger partial charge in [0.25, 0.3) is 5.91 Å². The summed E-state index contributed by atoms with van der Waals surface area (Å²) < 4.78 is 84.5. The van der Waals surface area contributed by atoms with Crippen LogP contribution in [0, 0.1) is 17.5 Å². The third kappa shape index (κ3) is 5.15. The summed E-state index contributed by atoms with van der Waals surface area (Å²) in [5, 5.41) is 4.36. The van der Waals surface area contributed by atoms with Crippen molar-refractivity contribution < 1.29 is 31.1 Å². The van der Waals surface area contributed by atoms with Crippen LogP contribution in [0.15, 0.2) is 60.9 Å². The van der Waals surface area contributed by atoms with Crippen LogP contribution in [0.4, 0.5) is 32.0 Å². The van der Waals surface area contributed by atoms with E-state index in [4.69, 9.17) is 12.2 Å². The van der Waals surface area contributed by atoms with E-state index in [-0.39, 0.29) is 41.4 Å². The largest absolute Gasteiger partial charge is 0.419 e. The van der Waals surface area contributed by atoms with E-state index in [0.717, 1.165) is 16.8 Å². The number of piperidine rings is 1. The molecule has 1 saturated heterocycles. The quantitative estimate of drug-likeness (QED) is 0.188. The normalized spacial score (nSPS) is 18.7. The molecule has 2 atom stereocenters. The molecule has 0 N–H and O–H groups in total. The molecule has 0 saturated carbocycles. The minimum Gasteiger partial charge on any atom is -0.334 e. The van der Waals surface area contributed by atoms with E-state index in [1.54, 1.807) is 21.9 Å². The standard InChI is InChI=1S/C30H23F6N5OS/c1-16-11-19(40-26(43)12-17-4-6-23(32)27(33)28(17)40)8-10-39(16)29(42)24-14-25(18-3-2-9-37-15-18)41(38-24)20-5-7-22(31)21(13-20)30(34,35)36/h2-7,9,13-16,19H,8,10-12H2,1H3. The van der Waals surface area contributed by atoms with Crippen molar-refractivity contribution in [2.24, 2.45) is 0 Å². The lowest BCUT2D eigenvalue weighted by Gasteiger charge is -2.41. The van der Waals surface area contributed by atoms with Crippen LogP contribution in [0.3, 0.4) is 0 Å². The van der Waals surface area contributed by atoms with Crippen molar-refractivity contribution in [1.29, 1.82) is 0 Å². The highest BCUT2D eigenvalue weighted by Gasteiger charge is 2.39. The van der Waals surface area contributed by atoms with E-state index >= 15 is 0 Å². The maximum Gasteiger partial charge on any atom is 0.419 e. The van der Waals surface area contributed by atoms with Gasteiger partial charge in [0.1, 0.15) is 5.82 Å². The Balaban J connectivity index is 1.30. The van der Waals surface area contributed by atoms with Crippen LogP contribution < -0.4 is 4.90 Å². The summed E-state index contributed by atoms with van der Waals surface area (Å²) in [5.74, 6) is -3.80. The summed E-state index contributed by atoms with van der Waals surface area (Å²) in [6.07, 6.45) is -0.801. The van der Waals surface area contributed by atoms with Crippen LogP contribution in [0.5, 0.6) is 0 Å². The molecule has 1 amide bonds. The summed E-state index contributed by atoms with van der Waals surface area (Å²) >= 11 is 5.52. The second kappa shape index (κ2) is 10.8. The molecule has 222 valence electrons. The number of hydrogen-bond donors (Lipinski definition) is 0. The minimum atomic E-state index is -4.94. The van der Waals surface area contributed by atoms with Gasteiger partial charge in [0, 0.05) is 43.0 Å². The molecule has 2 unspecified atom stereocenters. The summed E-state index contributed by atoms with van der Waals surface area (Å²) in [5.41, 5.74) is -0.0632. The highest BCUT2D eigenvalue weighted by atomic mass is 32.1. The maximum atomic E-state index is 14.8. The first-order valence-corrected chi connectivity index (χ1v) is 13.8. The molecule has 0 aliphatic carbocycles. The van der Waals surface area contributed by atoms with Gasteiger partial charge in [-0.05, 0) is 67.8 Å². The third-order valence-corrected chi connectivity index (χ3v) is 8.21. The highest BCUT2D eigenvalue weighted by molar-refractivity contribution is 7.80. The monoisotopic (exact) mass is 615 g/mol. The van der Waals surface area contributed by atoms with Gasteiger partial charge in [-0.1, -0.05) is 18.3 Å². The van der Waals surface area contributed by atoms with E-state index in [1.165, 1.54) is 24.5 Å². The van der Waals surface area contributed by atoms with Crippen molar-refractivity contribution in [2.45, 2.75) is 44.4 Å². The summed E-state index contributed by atoms with van der Waals surface area (Å²) in [6.45, 7) is 2.07. The van der Waals surface area contributed by atoms with Crippen molar-refractivity contribution in [2.75, 3.05) is 11.4 Å². The summed E-state index contributed by atoms with van der Waals surface area (Å²) in [4.78, 5) is 21.5. The number of carbonyl (C=O) groups excluding carboxylic acids is 1. The molecular formula is C30H23F6N5OS. The van der Waals surface area contributed by atoms with Crippen LogP contribution in [-0.4, -0.2) is 49.2 Å². The van der Waals surface area contributed by atoms with E-state index in [0.29, 0.717) is 47.5 Å². The van der Waals surface area contributed by atoms with E-state index in [9.17, 15) is 31.1 Å². The van der Waals surface area contributed by atoms with Gasteiger partial charge in [-0.2, -0.15) is 18.3 Å². The molecule has 6 rings (SSSR count). The van der Waals surface area contributed by atoms with E-state index in [2.05, 4.69) is 10.1 Å². The Morgan fingerprint density at radius 3 is 2.51 bits per heavy atom. The average molecular weight is 616 g/mol. The van der Waals surface area contributed by atoms with Crippen LogP contribution in [0.2, 0.25) is 0 Å². The number of anilines is 1. The van der Waals surface area contributed by atoms with Crippen molar-refractivity contribution >= 4 is 28.8 Å². The Hall–Kier alpha value is -4.26. The Bertz CT molecular complexity index is 1740. The summed E-state index contributed by atoms with van der Waals surface area (Å²) in [7, 11) is 0. The molecule has 4 heterocycles. The third-order valence-electron chi connectivity index (χ3n) is 7.86. The van der Waals surface area contributed by atoms with Gasteiger partial charge in [-0.3, -0.25) is 9.78 Å². The van der Waals surface area contributed by atoms with Crippen LogP contribution in [-0.2, 0) is 12.6 Å². The van der Waals surface area contributed by atoms with Gasteiger partial charge in [-0.25, -0.2) is 17.9 Å². The number of halogens is 6. The molecule has 4 aromatic rings. The number of amides is 1. The van der Waals surface area contributed by atoms with Gasteiger partial charge in [0.15, 0.2) is 17.3 Å². The Morgan fingerprint density at radius 2 is 1.81 bits per heavy atom. The minimum absolute atomic E-state index is 0.0304. The maximum absolute atomic E-state index is 14.8. The molecule has 1 fully saturated rings. The fraction of sp³-hybridized carbons (Fsp3) is 0.267. The first kappa shape index (κ1) is 28.8. The zero-order valence-electron chi connectivity index (χ0n) is 22.6. The van der Waals surface area contributed by atoms with Gasteiger partial charge in [-0.15, -0.1) is 0 Å². The second-order valence-electron chi connectivity index (χ2n) is 10.6. The molecule has 2 aromatic heterocycles. The number of fused-ring (bicyclic) bond motifs is 1.